The number of carbonyl (C=O) groups excluding carboxylic acids is 1. The van der Waals surface area contributed by atoms with E-state index in [0.717, 1.165) is 0 Å². The molecule has 0 aromatic rings. The van der Waals surface area contributed by atoms with Gasteiger partial charge < -0.3 is 9.74 Å². The molecule has 2 fully saturated rings. The molecule has 2 aliphatic rings. The standard InChI is InChI=1S/C15H29NO2Si/c1-15(2,3)19(4,5)18-13-12(16-14(13)17)11-9-7-6-8-10-11/h11-13H,6-10H2,1-5H3,(H,16,17)/t12-,13+/m0/s1. The van der Waals surface area contributed by atoms with Crippen molar-refractivity contribution in [2.24, 2.45) is 5.92 Å². The summed E-state index contributed by atoms with van der Waals surface area (Å²) in [5.74, 6) is 0.751. The molecule has 110 valence electrons. The highest BCUT2D eigenvalue weighted by atomic mass is 28.4. The molecule has 4 heteroatoms. The van der Waals surface area contributed by atoms with Crippen molar-refractivity contribution in [3.05, 3.63) is 0 Å². The number of carbonyl (C=O) groups is 1. The lowest BCUT2D eigenvalue weighted by Gasteiger charge is -2.48. The average molecular weight is 283 g/mol. The van der Waals surface area contributed by atoms with Crippen molar-refractivity contribution in [2.75, 3.05) is 0 Å². The van der Waals surface area contributed by atoms with Gasteiger partial charge in [-0.05, 0) is 36.9 Å². The van der Waals surface area contributed by atoms with E-state index >= 15 is 0 Å². The van der Waals surface area contributed by atoms with Gasteiger partial charge in [0.25, 0.3) is 0 Å². The first-order valence-corrected chi connectivity index (χ1v) is 10.6. The molecule has 3 nitrogen and oxygen atoms in total. The molecule has 0 aromatic heterocycles. The first-order valence-electron chi connectivity index (χ1n) is 7.70. The molecule has 0 radical (unpaired) electrons. The molecule has 2 rings (SSSR count). The quantitative estimate of drug-likeness (QED) is 0.636. The van der Waals surface area contributed by atoms with E-state index in [0.29, 0.717) is 5.92 Å². The summed E-state index contributed by atoms with van der Waals surface area (Å²) in [7, 11) is -1.85. The minimum Gasteiger partial charge on any atom is -0.403 e. The fourth-order valence-corrected chi connectivity index (χ4v) is 4.11. The Morgan fingerprint density at radius 1 is 1.16 bits per heavy atom. The van der Waals surface area contributed by atoms with E-state index in [1.807, 2.05) is 0 Å². The Hall–Kier alpha value is -0.353. The van der Waals surface area contributed by atoms with Gasteiger partial charge in [-0.15, -0.1) is 0 Å². The van der Waals surface area contributed by atoms with Crippen LogP contribution in [0.2, 0.25) is 18.1 Å². The second-order valence-corrected chi connectivity index (χ2v) is 12.5. The Kier molecular flexibility index (Phi) is 4.12. The van der Waals surface area contributed by atoms with Gasteiger partial charge in [-0.25, -0.2) is 0 Å². The van der Waals surface area contributed by atoms with Crippen LogP contribution in [0.4, 0.5) is 0 Å². The van der Waals surface area contributed by atoms with Crippen LogP contribution >= 0.6 is 0 Å². The van der Waals surface area contributed by atoms with Crippen molar-refractivity contribution in [1.29, 1.82) is 0 Å². The summed E-state index contributed by atoms with van der Waals surface area (Å²) in [6.07, 6.45) is 6.30. The third kappa shape index (κ3) is 3.05. The molecule has 1 aliphatic heterocycles. The third-order valence-electron chi connectivity index (χ3n) is 5.28. The van der Waals surface area contributed by atoms with Gasteiger partial charge in [0.2, 0.25) is 5.91 Å². The number of β-lactam (4-membered cyclic amide) rings is 1. The van der Waals surface area contributed by atoms with E-state index in [1.54, 1.807) is 0 Å². The fraction of sp³-hybridized carbons (Fsp3) is 0.933. The van der Waals surface area contributed by atoms with Crippen LogP contribution in [0.15, 0.2) is 0 Å². The second-order valence-electron chi connectivity index (χ2n) is 7.73. The molecular weight excluding hydrogens is 254 g/mol. The summed E-state index contributed by atoms with van der Waals surface area (Å²) in [5.41, 5.74) is 0. The molecule has 0 aromatic carbocycles. The number of rotatable bonds is 3. The molecule has 19 heavy (non-hydrogen) atoms. The Morgan fingerprint density at radius 2 is 1.74 bits per heavy atom. The third-order valence-corrected chi connectivity index (χ3v) is 9.73. The van der Waals surface area contributed by atoms with Crippen LogP contribution in [0.5, 0.6) is 0 Å². The predicted molar refractivity (Wildman–Crippen MR) is 80.6 cm³/mol. The maximum atomic E-state index is 11.9. The zero-order valence-electron chi connectivity index (χ0n) is 13.1. The topological polar surface area (TPSA) is 38.3 Å². The van der Waals surface area contributed by atoms with Crippen LogP contribution in [0.25, 0.3) is 0 Å². The van der Waals surface area contributed by atoms with Crippen molar-refractivity contribution in [3.63, 3.8) is 0 Å². The summed E-state index contributed by atoms with van der Waals surface area (Å²) in [6.45, 7) is 11.1. The molecule has 1 N–H and O–H groups in total. The summed E-state index contributed by atoms with van der Waals surface area (Å²) >= 11 is 0. The maximum Gasteiger partial charge on any atom is 0.250 e. The van der Waals surface area contributed by atoms with E-state index in [2.05, 4.69) is 39.2 Å². The molecular formula is C15H29NO2Si. The van der Waals surface area contributed by atoms with E-state index in [-0.39, 0.29) is 23.1 Å². The lowest BCUT2D eigenvalue weighted by molar-refractivity contribution is -0.143. The lowest BCUT2D eigenvalue weighted by Crippen LogP contribution is -2.69. The van der Waals surface area contributed by atoms with Crippen molar-refractivity contribution >= 4 is 14.2 Å². The predicted octanol–water partition coefficient (Wildman–Crippen LogP) is 3.46. The number of nitrogens with one attached hydrogen (secondary N) is 1. The van der Waals surface area contributed by atoms with Crippen LogP contribution in [0.1, 0.15) is 52.9 Å². The summed E-state index contributed by atoms with van der Waals surface area (Å²) in [5, 5.41) is 3.26. The van der Waals surface area contributed by atoms with Crippen molar-refractivity contribution in [1.82, 2.24) is 5.32 Å². The largest absolute Gasteiger partial charge is 0.403 e. The van der Waals surface area contributed by atoms with Crippen molar-refractivity contribution < 1.29 is 9.22 Å². The van der Waals surface area contributed by atoms with Gasteiger partial charge in [-0.1, -0.05) is 40.0 Å². The number of hydrogen-bond donors (Lipinski definition) is 1. The second kappa shape index (κ2) is 5.21. The zero-order valence-corrected chi connectivity index (χ0v) is 14.1. The lowest BCUT2D eigenvalue weighted by atomic mass is 9.78. The monoisotopic (exact) mass is 283 g/mol. The molecule has 1 amide bonds. The van der Waals surface area contributed by atoms with Crippen LogP contribution in [0.3, 0.4) is 0 Å². The molecule has 0 spiro atoms. The van der Waals surface area contributed by atoms with Gasteiger partial charge >= 0.3 is 0 Å². The zero-order chi connectivity index (χ0) is 14.3. The van der Waals surface area contributed by atoms with E-state index in [1.165, 1.54) is 32.1 Å². The average Bonchev–Trinajstić information content (AvgIpc) is 2.33. The highest BCUT2D eigenvalue weighted by Gasteiger charge is 2.50. The molecule has 2 atom stereocenters. The fourth-order valence-electron chi connectivity index (χ4n) is 2.87. The molecule has 1 saturated carbocycles. The van der Waals surface area contributed by atoms with Crippen LogP contribution in [-0.2, 0) is 9.22 Å². The molecule has 0 bridgehead atoms. The smallest absolute Gasteiger partial charge is 0.250 e. The Morgan fingerprint density at radius 3 is 2.21 bits per heavy atom. The van der Waals surface area contributed by atoms with Crippen molar-refractivity contribution in [3.8, 4) is 0 Å². The summed E-state index contributed by atoms with van der Waals surface area (Å²) in [6, 6.07) is 0.280. The molecule has 1 aliphatic carbocycles. The van der Waals surface area contributed by atoms with E-state index < -0.39 is 8.32 Å². The molecule has 0 unspecified atom stereocenters. The summed E-state index contributed by atoms with van der Waals surface area (Å²) < 4.78 is 6.34. The number of amides is 1. The van der Waals surface area contributed by atoms with Gasteiger partial charge in [0.15, 0.2) is 8.32 Å². The van der Waals surface area contributed by atoms with Crippen LogP contribution in [-0.4, -0.2) is 26.4 Å². The van der Waals surface area contributed by atoms with Gasteiger partial charge in [-0.3, -0.25) is 4.79 Å². The van der Waals surface area contributed by atoms with Crippen LogP contribution in [0, 0.1) is 5.92 Å². The van der Waals surface area contributed by atoms with Gasteiger partial charge in [0.1, 0.15) is 6.10 Å². The van der Waals surface area contributed by atoms with Gasteiger partial charge in [-0.2, -0.15) is 0 Å². The van der Waals surface area contributed by atoms with Gasteiger partial charge in [0.05, 0.1) is 6.04 Å². The van der Waals surface area contributed by atoms with Crippen LogP contribution < -0.4 is 5.32 Å². The normalized spacial score (nSPS) is 29.8. The SMILES string of the molecule is CC(C)(C)[Si](C)(C)O[C@H]1C(=O)N[C@H]1C1CCCCC1. The van der Waals surface area contributed by atoms with E-state index in [4.69, 9.17) is 4.43 Å². The highest BCUT2D eigenvalue weighted by molar-refractivity contribution is 6.74. The first-order chi connectivity index (χ1) is 8.72. The Balaban J connectivity index is 2.00. The molecule has 1 saturated heterocycles. The van der Waals surface area contributed by atoms with Gasteiger partial charge in [0, 0.05) is 0 Å². The number of hydrogen-bond acceptors (Lipinski definition) is 2. The maximum absolute atomic E-state index is 11.9. The van der Waals surface area contributed by atoms with Crippen molar-refractivity contribution in [2.45, 2.75) is 83.2 Å². The Bertz CT molecular complexity index is 343. The highest BCUT2D eigenvalue weighted by Crippen LogP contribution is 2.40. The molecule has 1 heterocycles. The first kappa shape index (κ1) is 15.0. The summed E-state index contributed by atoms with van der Waals surface area (Å²) in [4.78, 5) is 11.9. The Labute approximate surface area is 118 Å². The minimum atomic E-state index is -1.85. The minimum absolute atomic E-state index is 0.111. The van der Waals surface area contributed by atoms with E-state index in [9.17, 15) is 4.79 Å².